The molecule has 0 saturated heterocycles. The minimum Gasteiger partial charge on any atom is -0.445 e. The molecule has 29 heavy (non-hydrogen) atoms. The van der Waals surface area contributed by atoms with Gasteiger partial charge in [0.25, 0.3) is 0 Å². The number of carbonyl (C=O) groups excluding carboxylic acids is 2. The van der Waals surface area contributed by atoms with Crippen molar-refractivity contribution in [2.45, 2.75) is 79.1 Å². The fourth-order valence-corrected chi connectivity index (χ4v) is 4.40. The van der Waals surface area contributed by atoms with Gasteiger partial charge in [-0.3, -0.25) is 0 Å². The summed E-state index contributed by atoms with van der Waals surface area (Å²) in [4.78, 5) is 24.4. The third-order valence-corrected chi connectivity index (χ3v) is 5.04. The van der Waals surface area contributed by atoms with Crippen LogP contribution in [0.25, 0.3) is 0 Å². The Kier molecular flexibility index (Phi) is 7.20. The largest absolute Gasteiger partial charge is 0.445 e. The van der Waals surface area contributed by atoms with Crippen LogP contribution in [-0.2, 0) is 16.1 Å². The smallest absolute Gasteiger partial charge is 0.407 e. The second-order valence-electron chi connectivity index (χ2n) is 10.3. The van der Waals surface area contributed by atoms with Gasteiger partial charge >= 0.3 is 12.2 Å². The lowest BCUT2D eigenvalue weighted by Crippen LogP contribution is -2.51. The van der Waals surface area contributed by atoms with Crippen LogP contribution >= 0.6 is 0 Å². The van der Waals surface area contributed by atoms with E-state index >= 15 is 0 Å². The van der Waals surface area contributed by atoms with Crippen LogP contribution in [0.2, 0.25) is 0 Å². The zero-order chi connectivity index (χ0) is 21.7. The van der Waals surface area contributed by atoms with Crippen LogP contribution in [0.15, 0.2) is 30.3 Å². The summed E-state index contributed by atoms with van der Waals surface area (Å²) in [7, 11) is 0. The second kappa shape index (κ2) is 9.06. The van der Waals surface area contributed by atoms with Gasteiger partial charge in [-0.05, 0) is 56.4 Å². The molecule has 0 aromatic heterocycles. The standard InChI is InChI=1S/C23H36N2O4/c1-21(2,3)29-20(27)25-18-12-22(4,5)15-23(6,13-18)16-24-19(26)28-14-17-10-8-7-9-11-17/h7-11,18H,12-16H2,1-6H3,(H,24,26)(H,25,27). The van der Waals surface area contributed by atoms with Gasteiger partial charge in [-0.2, -0.15) is 0 Å². The number of ether oxygens (including phenoxy) is 2. The molecule has 1 aliphatic carbocycles. The van der Waals surface area contributed by atoms with Gasteiger partial charge in [0.05, 0.1) is 0 Å². The maximum Gasteiger partial charge on any atom is 0.407 e. The van der Waals surface area contributed by atoms with Gasteiger partial charge in [-0.15, -0.1) is 0 Å². The second-order valence-corrected chi connectivity index (χ2v) is 10.3. The highest BCUT2D eigenvalue weighted by Gasteiger charge is 2.42. The minimum atomic E-state index is -0.526. The van der Waals surface area contributed by atoms with Crippen molar-refractivity contribution in [2.75, 3.05) is 6.54 Å². The third-order valence-electron chi connectivity index (χ3n) is 5.04. The molecule has 0 heterocycles. The van der Waals surface area contributed by atoms with Crippen LogP contribution in [-0.4, -0.2) is 30.4 Å². The monoisotopic (exact) mass is 404 g/mol. The number of nitrogens with one attached hydrogen (secondary N) is 2. The lowest BCUT2D eigenvalue weighted by Gasteiger charge is -2.46. The van der Waals surface area contributed by atoms with Crippen LogP contribution in [0.4, 0.5) is 9.59 Å². The third kappa shape index (κ3) is 8.34. The van der Waals surface area contributed by atoms with E-state index in [-0.39, 0.29) is 23.5 Å². The van der Waals surface area contributed by atoms with E-state index in [2.05, 4.69) is 31.4 Å². The Balaban J connectivity index is 1.88. The molecule has 6 heteroatoms. The quantitative estimate of drug-likeness (QED) is 0.722. The fourth-order valence-electron chi connectivity index (χ4n) is 4.40. The van der Waals surface area contributed by atoms with E-state index in [4.69, 9.17) is 9.47 Å². The topological polar surface area (TPSA) is 76.7 Å². The van der Waals surface area contributed by atoms with Crippen molar-refractivity contribution in [3.63, 3.8) is 0 Å². The van der Waals surface area contributed by atoms with E-state index in [0.29, 0.717) is 6.54 Å². The fraction of sp³-hybridized carbons (Fsp3) is 0.652. The van der Waals surface area contributed by atoms with Crippen LogP contribution in [0.1, 0.15) is 66.4 Å². The van der Waals surface area contributed by atoms with Gasteiger partial charge in [0.1, 0.15) is 12.2 Å². The van der Waals surface area contributed by atoms with E-state index in [1.165, 1.54) is 0 Å². The Hall–Kier alpha value is -2.24. The summed E-state index contributed by atoms with van der Waals surface area (Å²) in [5.74, 6) is 0. The molecule has 0 aliphatic heterocycles. The summed E-state index contributed by atoms with van der Waals surface area (Å²) >= 11 is 0. The molecule has 6 nitrogen and oxygen atoms in total. The van der Waals surface area contributed by atoms with Crippen molar-refractivity contribution in [2.24, 2.45) is 10.8 Å². The number of amides is 2. The Morgan fingerprint density at radius 3 is 2.34 bits per heavy atom. The number of rotatable bonds is 5. The molecular formula is C23H36N2O4. The molecule has 2 unspecified atom stereocenters. The highest BCUT2D eigenvalue weighted by Crippen LogP contribution is 2.45. The summed E-state index contributed by atoms with van der Waals surface area (Å²) in [6.45, 7) is 12.8. The number of hydrogen-bond acceptors (Lipinski definition) is 4. The lowest BCUT2D eigenvalue weighted by atomic mass is 9.62. The summed E-state index contributed by atoms with van der Waals surface area (Å²) < 4.78 is 10.7. The summed E-state index contributed by atoms with van der Waals surface area (Å²) in [6, 6.07) is 9.60. The molecule has 1 saturated carbocycles. The molecule has 0 bridgehead atoms. The van der Waals surface area contributed by atoms with E-state index in [1.807, 2.05) is 51.1 Å². The first-order chi connectivity index (χ1) is 13.4. The molecule has 1 aromatic carbocycles. The Morgan fingerprint density at radius 1 is 1.07 bits per heavy atom. The molecule has 1 aliphatic rings. The minimum absolute atomic E-state index is 0.000684. The van der Waals surface area contributed by atoms with E-state index in [0.717, 1.165) is 24.8 Å². The average Bonchev–Trinajstić information content (AvgIpc) is 2.55. The van der Waals surface area contributed by atoms with E-state index in [1.54, 1.807) is 0 Å². The summed E-state index contributed by atoms with van der Waals surface area (Å²) in [6.07, 6.45) is 1.79. The Bertz CT molecular complexity index is 697. The van der Waals surface area contributed by atoms with Crippen LogP contribution in [0, 0.1) is 10.8 Å². The number of benzene rings is 1. The molecule has 2 amide bonds. The first-order valence-electron chi connectivity index (χ1n) is 10.3. The number of hydrogen-bond donors (Lipinski definition) is 2. The summed E-state index contributed by atoms with van der Waals surface area (Å²) in [5, 5.41) is 5.92. The van der Waals surface area contributed by atoms with Gasteiger partial charge < -0.3 is 20.1 Å². The molecular weight excluding hydrogens is 368 g/mol. The maximum atomic E-state index is 12.2. The van der Waals surface area contributed by atoms with Gasteiger partial charge in [-0.25, -0.2) is 9.59 Å². The molecule has 2 N–H and O–H groups in total. The zero-order valence-corrected chi connectivity index (χ0v) is 18.6. The van der Waals surface area contributed by atoms with Gasteiger partial charge in [0, 0.05) is 12.6 Å². The van der Waals surface area contributed by atoms with Crippen LogP contribution in [0.5, 0.6) is 0 Å². The van der Waals surface area contributed by atoms with Gasteiger partial charge in [-0.1, -0.05) is 51.1 Å². The van der Waals surface area contributed by atoms with E-state index in [9.17, 15) is 9.59 Å². The normalized spacial score (nSPS) is 23.7. The maximum absolute atomic E-state index is 12.2. The summed E-state index contributed by atoms with van der Waals surface area (Å²) in [5.41, 5.74) is 0.325. The van der Waals surface area contributed by atoms with Crippen molar-refractivity contribution < 1.29 is 19.1 Å². The highest BCUT2D eigenvalue weighted by molar-refractivity contribution is 5.68. The Morgan fingerprint density at radius 2 is 1.72 bits per heavy atom. The van der Waals surface area contributed by atoms with Crippen molar-refractivity contribution >= 4 is 12.2 Å². The lowest BCUT2D eigenvalue weighted by molar-refractivity contribution is 0.0340. The Labute approximate surface area is 174 Å². The first-order valence-corrected chi connectivity index (χ1v) is 10.3. The molecule has 0 spiro atoms. The predicted octanol–water partition coefficient (Wildman–Crippen LogP) is 5.02. The van der Waals surface area contributed by atoms with Crippen molar-refractivity contribution in [3.8, 4) is 0 Å². The highest BCUT2D eigenvalue weighted by atomic mass is 16.6. The molecule has 1 aromatic rings. The van der Waals surface area contributed by atoms with Gasteiger partial charge in [0.15, 0.2) is 0 Å². The SMILES string of the molecule is CC1(C)CC(NC(=O)OC(C)(C)C)CC(C)(CNC(=O)OCc2ccccc2)C1. The molecule has 162 valence electrons. The first kappa shape index (κ1) is 23.0. The number of carbonyl (C=O) groups is 2. The van der Waals surface area contributed by atoms with Crippen molar-refractivity contribution in [1.82, 2.24) is 10.6 Å². The van der Waals surface area contributed by atoms with E-state index < -0.39 is 17.8 Å². The van der Waals surface area contributed by atoms with Gasteiger partial charge in [0.2, 0.25) is 0 Å². The molecule has 2 rings (SSSR count). The van der Waals surface area contributed by atoms with Crippen LogP contribution < -0.4 is 10.6 Å². The molecule has 0 radical (unpaired) electrons. The predicted molar refractivity (Wildman–Crippen MR) is 114 cm³/mol. The molecule has 1 fully saturated rings. The molecule has 2 atom stereocenters. The van der Waals surface area contributed by atoms with Crippen molar-refractivity contribution in [1.29, 1.82) is 0 Å². The average molecular weight is 405 g/mol. The number of alkyl carbamates (subject to hydrolysis) is 2. The van der Waals surface area contributed by atoms with Crippen LogP contribution in [0.3, 0.4) is 0 Å². The zero-order valence-electron chi connectivity index (χ0n) is 18.6. The van der Waals surface area contributed by atoms with Crippen molar-refractivity contribution in [3.05, 3.63) is 35.9 Å².